The van der Waals surface area contributed by atoms with E-state index in [4.69, 9.17) is 11.6 Å². The van der Waals surface area contributed by atoms with E-state index in [1.807, 2.05) is 42.3 Å². The van der Waals surface area contributed by atoms with Crippen molar-refractivity contribution in [1.29, 1.82) is 0 Å². The van der Waals surface area contributed by atoms with Gasteiger partial charge >= 0.3 is 0 Å². The van der Waals surface area contributed by atoms with Gasteiger partial charge in [-0.3, -0.25) is 0 Å². The highest BCUT2D eigenvalue weighted by molar-refractivity contribution is 7.89. The first-order valence-electron chi connectivity index (χ1n) is 7.11. The molecule has 2 rings (SSSR count). The van der Waals surface area contributed by atoms with Crippen molar-refractivity contribution in [3.63, 3.8) is 0 Å². The summed E-state index contributed by atoms with van der Waals surface area (Å²) in [6.07, 6.45) is 0.597. The van der Waals surface area contributed by atoms with Crippen molar-refractivity contribution in [2.24, 2.45) is 0 Å². The van der Waals surface area contributed by atoms with E-state index in [1.165, 1.54) is 6.07 Å². The fourth-order valence-electron chi connectivity index (χ4n) is 2.11. The van der Waals surface area contributed by atoms with Crippen LogP contribution >= 0.6 is 11.6 Å². The molecule has 2 aromatic rings. The van der Waals surface area contributed by atoms with Crippen molar-refractivity contribution >= 4 is 27.3 Å². The van der Waals surface area contributed by atoms with E-state index in [-0.39, 0.29) is 11.6 Å². The molecule has 0 saturated heterocycles. The Morgan fingerprint density at radius 2 is 1.87 bits per heavy atom. The fraction of sp³-hybridized carbons (Fsp3) is 0.250. The van der Waals surface area contributed by atoms with Gasteiger partial charge in [0.2, 0.25) is 10.0 Å². The van der Waals surface area contributed by atoms with Crippen molar-refractivity contribution < 1.29 is 12.8 Å². The molecule has 0 unspecified atom stereocenters. The second kappa shape index (κ2) is 7.77. The molecule has 0 aromatic heterocycles. The quantitative estimate of drug-likeness (QED) is 0.774. The average molecular weight is 357 g/mol. The molecule has 124 valence electrons. The number of anilines is 1. The van der Waals surface area contributed by atoms with Crippen LogP contribution in [0.2, 0.25) is 5.02 Å². The van der Waals surface area contributed by atoms with E-state index in [0.717, 1.165) is 17.8 Å². The predicted molar refractivity (Wildman–Crippen MR) is 90.9 cm³/mol. The van der Waals surface area contributed by atoms with Crippen molar-refractivity contribution in [2.75, 3.05) is 25.0 Å². The zero-order chi connectivity index (χ0) is 16.9. The highest BCUT2D eigenvalue weighted by Crippen LogP contribution is 2.18. The van der Waals surface area contributed by atoms with Crippen LogP contribution in [0.25, 0.3) is 0 Å². The van der Waals surface area contributed by atoms with E-state index in [1.54, 1.807) is 0 Å². The van der Waals surface area contributed by atoms with Gasteiger partial charge in [-0.1, -0.05) is 29.8 Å². The molecule has 23 heavy (non-hydrogen) atoms. The number of para-hydroxylation sites is 1. The van der Waals surface area contributed by atoms with Crippen LogP contribution in [0.1, 0.15) is 6.42 Å². The standard InChI is InChI=1S/C16H18ClFN2O2S/c1-20(14-6-3-2-4-7-14)11-5-10-19-23(21,22)16-9-8-13(17)12-15(16)18/h2-4,6-9,12,19H,5,10-11H2,1H3. The molecular formula is C16H18ClFN2O2S. The van der Waals surface area contributed by atoms with Crippen LogP contribution in [-0.4, -0.2) is 28.6 Å². The first kappa shape index (κ1) is 17.7. The lowest BCUT2D eigenvalue weighted by atomic mass is 10.3. The summed E-state index contributed by atoms with van der Waals surface area (Å²) in [6.45, 7) is 0.900. The van der Waals surface area contributed by atoms with Gasteiger partial charge in [0.25, 0.3) is 0 Å². The minimum Gasteiger partial charge on any atom is -0.375 e. The van der Waals surface area contributed by atoms with Crippen LogP contribution in [0, 0.1) is 5.82 Å². The number of rotatable bonds is 7. The molecule has 0 spiro atoms. The van der Waals surface area contributed by atoms with Gasteiger partial charge in [0.05, 0.1) is 0 Å². The highest BCUT2D eigenvalue weighted by Gasteiger charge is 2.18. The Bertz CT molecular complexity index is 754. The summed E-state index contributed by atoms with van der Waals surface area (Å²) in [6, 6.07) is 13.3. The predicted octanol–water partition coefficient (Wildman–Crippen LogP) is 3.28. The molecule has 2 aromatic carbocycles. The van der Waals surface area contributed by atoms with Gasteiger partial charge < -0.3 is 4.90 Å². The molecule has 0 bridgehead atoms. The monoisotopic (exact) mass is 356 g/mol. The minimum absolute atomic E-state index is 0.158. The molecule has 0 aliphatic rings. The normalized spacial score (nSPS) is 11.4. The van der Waals surface area contributed by atoms with Gasteiger partial charge in [-0.05, 0) is 36.8 Å². The van der Waals surface area contributed by atoms with Gasteiger partial charge in [-0.15, -0.1) is 0 Å². The number of hydrogen-bond donors (Lipinski definition) is 1. The number of sulfonamides is 1. The lowest BCUT2D eigenvalue weighted by Gasteiger charge is -2.19. The summed E-state index contributed by atoms with van der Waals surface area (Å²) in [4.78, 5) is 1.63. The van der Waals surface area contributed by atoms with Crippen molar-refractivity contribution in [3.8, 4) is 0 Å². The summed E-state index contributed by atoms with van der Waals surface area (Å²) < 4.78 is 40.2. The van der Waals surface area contributed by atoms with E-state index >= 15 is 0 Å². The van der Waals surface area contributed by atoms with E-state index in [0.29, 0.717) is 13.0 Å². The molecule has 0 amide bonds. The van der Waals surface area contributed by atoms with Crippen molar-refractivity contribution in [1.82, 2.24) is 4.72 Å². The molecule has 0 atom stereocenters. The number of halogens is 2. The van der Waals surface area contributed by atoms with Crippen LogP contribution in [0.15, 0.2) is 53.4 Å². The Morgan fingerprint density at radius 3 is 2.52 bits per heavy atom. The first-order valence-corrected chi connectivity index (χ1v) is 8.97. The number of hydrogen-bond acceptors (Lipinski definition) is 3. The van der Waals surface area contributed by atoms with Gasteiger partial charge in [0, 0.05) is 30.8 Å². The lowest BCUT2D eigenvalue weighted by molar-refractivity contribution is 0.555. The van der Waals surface area contributed by atoms with Gasteiger partial charge in [0.15, 0.2) is 0 Å². The lowest BCUT2D eigenvalue weighted by Crippen LogP contribution is -2.28. The Kier molecular flexibility index (Phi) is 5.98. The van der Waals surface area contributed by atoms with Gasteiger partial charge in [-0.2, -0.15) is 0 Å². The Labute approximate surface area is 140 Å². The molecule has 0 saturated carbocycles. The third-order valence-electron chi connectivity index (χ3n) is 3.34. The fourth-order valence-corrected chi connectivity index (χ4v) is 3.40. The van der Waals surface area contributed by atoms with Crippen molar-refractivity contribution in [2.45, 2.75) is 11.3 Å². The highest BCUT2D eigenvalue weighted by atomic mass is 35.5. The third kappa shape index (κ3) is 4.92. The molecule has 7 heteroatoms. The number of nitrogens with one attached hydrogen (secondary N) is 1. The van der Waals surface area contributed by atoms with Crippen LogP contribution < -0.4 is 9.62 Å². The molecule has 0 aliphatic heterocycles. The van der Waals surface area contributed by atoms with E-state index in [2.05, 4.69) is 4.72 Å². The maximum absolute atomic E-state index is 13.7. The molecule has 1 N–H and O–H groups in total. The average Bonchev–Trinajstić information content (AvgIpc) is 2.52. The molecule has 0 aliphatic carbocycles. The second-order valence-electron chi connectivity index (χ2n) is 5.08. The maximum atomic E-state index is 13.7. The van der Waals surface area contributed by atoms with E-state index in [9.17, 15) is 12.8 Å². The number of nitrogens with zero attached hydrogens (tertiary/aromatic N) is 1. The Morgan fingerprint density at radius 1 is 1.17 bits per heavy atom. The third-order valence-corrected chi connectivity index (χ3v) is 5.07. The summed E-state index contributed by atoms with van der Waals surface area (Å²) in [5.41, 5.74) is 1.05. The molecule has 4 nitrogen and oxygen atoms in total. The summed E-state index contributed by atoms with van der Waals surface area (Å²) in [5, 5.41) is 0.158. The minimum atomic E-state index is -3.87. The summed E-state index contributed by atoms with van der Waals surface area (Å²) in [7, 11) is -1.94. The summed E-state index contributed by atoms with van der Waals surface area (Å²) in [5.74, 6) is -0.855. The number of benzene rings is 2. The van der Waals surface area contributed by atoms with Gasteiger partial charge in [-0.25, -0.2) is 17.5 Å². The van der Waals surface area contributed by atoms with Gasteiger partial charge in [0.1, 0.15) is 10.7 Å². The van der Waals surface area contributed by atoms with Crippen LogP contribution in [0.3, 0.4) is 0 Å². The maximum Gasteiger partial charge on any atom is 0.243 e. The van der Waals surface area contributed by atoms with Crippen LogP contribution in [0.4, 0.5) is 10.1 Å². The second-order valence-corrected chi connectivity index (χ2v) is 7.25. The van der Waals surface area contributed by atoms with Crippen LogP contribution in [-0.2, 0) is 10.0 Å². The smallest absolute Gasteiger partial charge is 0.243 e. The Balaban J connectivity index is 1.88. The SMILES string of the molecule is CN(CCCNS(=O)(=O)c1ccc(Cl)cc1F)c1ccccc1. The first-order chi connectivity index (χ1) is 10.9. The van der Waals surface area contributed by atoms with Crippen molar-refractivity contribution in [3.05, 3.63) is 59.4 Å². The molecule has 0 fully saturated rings. The zero-order valence-corrected chi connectivity index (χ0v) is 14.2. The van der Waals surface area contributed by atoms with E-state index < -0.39 is 20.7 Å². The molecule has 0 heterocycles. The zero-order valence-electron chi connectivity index (χ0n) is 12.7. The topological polar surface area (TPSA) is 49.4 Å². The molecular weight excluding hydrogens is 339 g/mol. The Hall–Kier alpha value is -1.63. The molecule has 0 radical (unpaired) electrons. The van der Waals surface area contributed by atoms with Crippen LogP contribution in [0.5, 0.6) is 0 Å². The largest absolute Gasteiger partial charge is 0.375 e. The summed E-state index contributed by atoms with van der Waals surface area (Å²) >= 11 is 5.63.